The van der Waals surface area contributed by atoms with E-state index in [1.807, 2.05) is 20.8 Å². The highest BCUT2D eigenvalue weighted by Gasteiger charge is 2.47. The number of alkyl halides is 3. The Morgan fingerprint density at radius 3 is 2.38 bits per heavy atom. The van der Waals surface area contributed by atoms with Crippen molar-refractivity contribution >= 4 is 15.9 Å². The summed E-state index contributed by atoms with van der Waals surface area (Å²) in [6.07, 6.45) is -1.31. The van der Waals surface area contributed by atoms with Gasteiger partial charge in [0.25, 0.3) is 0 Å². The molecule has 32 heavy (non-hydrogen) atoms. The second-order valence-corrected chi connectivity index (χ2v) is 11.1. The van der Waals surface area contributed by atoms with Gasteiger partial charge in [-0.25, -0.2) is 8.42 Å². The summed E-state index contributed by atoms with van der Waals surface area (Å²) in [5.41, 5.74) is -0.880. The molecule has 0 unspecified atom stereocenters. The van der Waals surface area contributed by atoms with Gasteiger partial charge in [0.05, 0.1) is 16.5 Å². The molecule has 1 aliphatic carbocycles. The number of carbonyl (C=O) groups is 1. The zero-order valence-electron chi connectivity index (χ0n) is 18.7. The molecule has 1 saturated carbocycles. The van der Waals surface area contributed by atoms with Crippen molar-refractivity contribution in [1.29, 1.82) is 0 Å². The maximum Gasteiger partial charge on any atom is 0.416 e. The van der Waals surface area contributed by atoms with Crippen molar-refractivity contribution in [3.05, 3.63) is 29.8 Å². The quantitative estimate of drug-likeness (QED) is 0.604. The highest BCUT2D eigenvalue weighted by atomic mass is 32.2. The van der Waals surface area contributed by atoms with Crippen LogP contribution >= 0.6 is 0 Å². The molecule has 0 spiro atoms. The third-order valence-electron chi connectivity index (χ3n) is 6.40. The van der Waals surface area contributed by atoms with Gasteiger partial charge < -0.3 is 10.6 Å². The fraction of sp³-hybridized carbons (Fsp3) is 0.682. The third kappa shape index (κ3) is 5.46. The molecule has 1 amide bonds. The molecular formula is C22H32F3N3O3S. The van der Waals surface area contributed by atoms with Crippen LogP contribution in [0.3, 0.4) is 0 Å². The lowest BCUT2D eigenvalue weighted by Gasteiger charge is -2.26. The number of hydrogen-bond donors (Lipinski definition) is 2. The van der Waals surface area contributed by atoms with E-state index in [2.05, 4.69) is 10.6 Å². The SMILES string of the molecule is CCC[C@H](NC(C)C)C(=O)N[C@H]1CC[C@@H]2CN(S(=O)(=O)c3ccc(C(F)(F)F)cc3)C[C@@H]21. The van der Waals surface area contributed by atoms with E-state index in [-0.39, 0.29) is 47.3 Å². The standard InChI is InChI=1S/C22H32F3N3O3S/c1-4-5-20(26-14(2)3)21(29)27-19-11-6-15-12-28(13-18(15)19)32(30,31)17-9-7-16(8-10-17)22(23,24)25/h7-10,14-15,18-20,26H,4-6,11-13H2,1-3H3,(H,27,29)/t15-,18+,19+,20+/m1/s1. The highest BCUT2D eigenvalue weighted by molar-refractivity contribution is 7.89. The first kappa shape index (κ1) is 25.0. The average Bonchev–Trinajstić information content (AvgIpc) is 3.29. The maximum absolute atomic E-state index is 13.0. The summed E-state index contributed by atoms with van der Waals surface area (Å²) in [5.74, 6) is 0.0759. The minimum Gasteiger partial charge on any atom is -0.352 e. The van der Waals surface area contributed by atoms with E-state index in [9.17, 15) is 26.4 Å². The van der Waals surface area contributed by atoms with Crippen LogP contribution in [-0.4, -0.2) is 49.8 Å². The Hall–Kier alpha value is -1.65. The number of benzene rings is 1. The van der Waals surface area contributed by atoms with Crippen molar-refractivity contribution in [2.75, 3.05) is 13.1 Å². The molecule has 6 nitrogen and oxygen atoms in total. The number of halogens is 3. The second-order valence-electron chi connectivity index (χ2n) is 9.12. The Morgan fingerprint density at radius 1 is 1.16 bits per heavy atom. The number of fused-ring (bicyclic) bond motifs is 1. The number of amides is 1. The van der Waals surface area contributed by atoms with Crippen molar-refractivity contribution in [2.45, 2.75) is 75.7 Å². The smallest absolute Gasteiger partial charge is 0.352 e. The Kier molecular flexibility index (Phi) is 7.56. The predicted molar refractivity (Wildman–Crippen MR) is 115 cm³/mol. The fourth-order valence-corrected chi connectivity index (χ4v) is 6.36. The summed E-state index contributed by atoms with van der Waals surface area (Å²) >= 11 is 0. The first-order chi connectivity index (χ1) is 14.9. The average molecular weight is 476 g/mol. The van der Waals surface area contributed by atoms with E-state index < -0.39 is 21.8 Å². The lowest BCUT2D eigenvalue weighted by Crippen LogP contribution is -2.51. The molecule has 1 saturated heterocycles. The zero-order chi connectivity index (χ0) is 23.7. The molecule has 1 aliphatic heterocycles. The minimum atomic E-state index is -4.52. The summed E-state index contributed by atoms with van der Waals surface area (Å²) in [7, 11) is -3.89. The third-order valence-corrected chi connectivity index (χ3v) is 8.24. The van der Waals surface area contributed by atoms with Gasteiger partial charge in [-0.05, 0) is 55.4 Å². The summed E-state index contributed by atoms with van der Waals surface area (Å²) in [4.78, 5) is 12.7. The molecule has 2 fully saturated rings. The van der Waals surface area contributed by atoms with Gasteiger partial charge in [0.2, 0.25) is 15.9 Å². The van der Waals surface area contributed by atoms with Gasteiger partial charge in [-0.1, -0.05) is 27.2 Å². The number of nitrogens with one attached hydrogen (secondary N) is 2. The molecule has 3 rings (SSSR count). The van der Waals surface area contributed by atoms with Gasteiger partial charge in [-0.15, -0.1) is 0 Å². The van der Waals surface area contributed by atoms with Gasteiger partial charge in [-0.2, -0.15) is 17.5 Å². The minimum absolute atomic E-state index is 0.00417. The lowest BCUT2D eigenvalue weighted by atomic mass is 9.97. The fourth-order valence-electron chi connectivity index (χ4n) is 4.83. The Bertz CT molecular complexity index is 903. The molecular weight excluding hydrogens is 443 g/mol. The first-order valence-corrected chi connectivity index (χ1v) is 12.6. The maximum atomic E-state index is 13.0. The zero-order valence-corrected chi connectivity index (χ0v) is 19.5. The van der Waals surface area contributed by atoms with Crippen molar-refractivity contribution in [3.8, 4) is 0 Å². The van der Waals surface area contributed by atoms with Gasteiger partial charge in [0.15, 0.2) is 0 Å². The van der Waals surface area contributed by atoms with Crippen LogP contribution in [0.4, 0.5) is 13.2 Å². The van der Waals surface area contributed by atoms with Gasteiger partial charge in [0.1, 0.15) is 0 Å². The second kappa shape index (κ2) is 9.69. The van der Waals surface area contributed by atoms with Crippen molar-refractivity contribution in [1.82, 2.24) is 14.9 Å². The molecule has 0 aromatic heterocycles. The van der Waals surface area contributed by atoms with E-state index in [1.54, 1.807) is 0 Å². The summed E-state index contributed by atoms with van der Waals surface area (Å²) in [6.45, 7) is 6.58. The first-order valence-electron chi connectivity index (χ1n) is 11.2. The molecule has 0 bridgehead atoms. The normalized spacial score (nSPS) is 25.2. The van der Waals surface area contributed by atoms with Crippen LogP contribution < -0.4 is 10.6 Å². The molecule has 2 aliphatic rings. The highest BCUT2D eigenvalue weighted by Crippen LogP contribution is 2.40. The number of nitrogens with zero attached hydrogens (tertiary/aromatic N) is 1. The number of carbonyl (C=O) groups excluding carboxylic acids is 1. The Labute approximate surface area is 188 Å². The topological polar surface area (TPSA) is 78.5 Å². The molecule has 1 aromatic rings. The lowest BCUT2D eigenvalue weighted by molar-refractivity contribution is -0.137. The number of sulfonamides is 1. The van der Waals surface area contributed by atoms with Crippen LogP contribution in [-0.2, 0) is 21.0 Å². The summed E-state index contributed by atoms with van der Waals surface area (Å²) < 4.78 is 65.8. The van der Waals surface area contributed by atoms with E-state index in [4.69, 9.17) is 0 Å². The van der Waals surface area contributed by atoms with Crippen LogP contribution in [0.15, 0.2) is 29.2 Å². The van der Waals surface area contributed by atoms with Crippen molar-refractivity contribution < 1.29 is 26.4 Å². The molecule has 10 heteroatoms. The monoisotopic (exact) mass is 475 g/mol. The number of hydrogen-bond acceptors (Lipinski definition) is 4. The van der Waals surface area contributed by atoms with E-state index in [0.717, 1.165) is 49.9 Å². The van der Waals surface area contributed by atoms with Crippen LogP contribution in [0.25, 0.3) is 0 Å². The van der Waals surface area contributed by atoms with E-state index in [1.165, 1.54) is 4.31 Å². The van der Waals surface area contributed by atoms with Crippen LogP contribution in [0.1, 0.15) is 52.0 Å². The Balaban J connectivity index is 1.67. The van der Waals surface area contributed by atoms with Crippen LogP contribution in [0.5, 0.6) is 0 Å². The van der Waals surface area contributed by atoms with E-state index in [0.29, 0.717) is 6.54 Å². The predicted octanol–water partition coefficient (Wildman–Crippen LogP) is 3.39. The van der Waals surface area contributed by atoms with Gasteiger partial charge >= 0.3 is 6.18 Å². The van der Waals surface area contributed by atoms with Gasteiger partial charge in [0, 0.05) is 25.2 Å². The molecule has 1 aromatic carbocycles. The van der Waals surface area contributed by atoms with Crippen LogP contribution in [0.2, 0.25) is 0 Å². The van der Waals surface area contributed by atoms with Crippen LogP contribution in [0, 0.1) is 11.8 Å². The molecule has 0 radical (unpaired) electrons. The van der Waals surface area contributed by atoms with Crippen molar-refractivity contribution in [2.24, 2.45) is 11.8 Å². The molecule has 1 heterocycles. The largest absolute Gasteiger partial charge is 0.416 e. The Morgan fingerprint density at radius 2 is 1.81 bits per heavy atom. The molecule has 4 atom stereocenters. The molecule has 180 valence electrons. The van der Waals surface area contributed by atoms with Crippen molar-refractivity contribution in [3.63, 3.8) is 0 Å². The summed E-state index contributed by atoms with van der Waals surface area (Å²) in [6, 6.07) is 3.40. The van der Waals surface area contributed by atoms with E-state index >= 15 is 0 Å². The molecule has 2 N–H and O–H groups in total. The van der Waals surface area contributed by atoms with Gasteiger partial charge in [-0.3, -0.25) is 4.79 Å². The summed E-state index contributed by atoms with van der Waals surface area (Å²) in [5, 5.41) is 6.41. The number of rotatable bonds is 8.